The Bertz CT molecular complexity index is 467. The Hall–Kier alpha value is -0.690. The number of aliphatic hydroxyl groups is 1. The lowest BCUT2D eigenvalue weighted by atomic mass is 9.94. The van der Waals surface area contributed by atoms with Gasteiger partial charge in [0.05, 0.1) is 6.61 Å². The molecule has 3 atom stereocenters. The SMILES string of the molecule is CC.O=C1OC(CCOC2(O)CCCCC2)[C@H]2OC3(CCCCC3)O[C@@H]12. The summed E-state index contributed by atoms with van der Waals surface area (Å²) < 4.78 is 23.3. The van der Waals surface area contributed by atoms with Gasteiger partial charge in [-0.05, 0) is 25.7 Å². The first-order chi connectivity index (χ1) is 12.6. The minimum Gasteiger partial charge on any atom is -0.457 e. The molecule has 2 aliphatic carbocycles. The Morgan fingerprint density at radius 3 is 2.27 bits per heavy atom. The van der Waals surface area contributed by atoms with Gasteiger partial charge >= 0.3 is 5.97 Å². The normalized spacial score (nSPS) is 34.7. The molecule has 2 aliphatic heterocycles. The summed E-state index contributed by atoms with van der Waals surface area (Å²) in [5, 5.41) is 10.4. The number of hydrogen-bond acceptors (Lipinski definition) is 6. The molecule has 2 heterocycles. The zero-order valence-corrected chi connectivity index (χ0v) is 16.2. The highest BCUT2D eigenvalue weighted by atomic mass is 16.8. The van der Waals surface area contributed by atoms with Crippen LogP contribution >= 0.6 is 0 Å². The second kappa shape index (κ2) is 8.55. The number of carbonyl (C=O) groups excluding carboxylic acids is 1. The van der Waals surface area contributed by atoms with E-state index >= 15 is 0 Å². The van der Waals surface area contributed by atoms with Crippen molar-refractivity contribution in [2.75, 3.05) is 6.61 Å². The smallest absolute Gasteiger partial charge is 0.338 e. The third-order valence-corrected chi connectivity index (χ3v) is 5.88. The van der Waals surface area contributed by atoms with Crippen molar-refractivity contribution >= 4 is 5.97 Å². The molecule has 6 heteroatoms. The summed E-state index contributed by atoms with van der Waals surface area (Å²) in [5.41, 5.74) is 0. The molecule has 0 aromatic heterocycles. The van der Waals surface area contributed by atoms with Crippen LogP contribution in [0.4, 0.5) is 0 Å². The van der Waals surface area contributed by atoms with E-state index in [1.165, 1.54) is 6.42 Å². The molecule has 2 saturated carbocycles. The maximum atomic E-state index is 12.1. The van der Waals surface area contributed by atoms with Crippen LogP contribution in [0, 0.1) is 0 Å². The van der Waals surface area contributed by atoms with Gasteiger partial charge in [0, 0.05) is 32.1 Å². The Balaban J connectivity index is 0.000000948. The third kappa shape index (κ3) is 4.24. The molecule has 0 bridgehead atoms. The number of fused-ring (bicyclic) bond motifs is 1. The van der Waals surface area contributed by atoms with E-state index < -0.39 is 17.7 Å². The van der Waals surface area contributed by atoms with Gasteiger partial charge in [-0.2, -0.15) is 0 Å². The lowest BCUT2D eigenvalue weighted by Crippen LogP contribution is -2.38. The number of ether oxygens (including phenoxy) is 4. The van der Waals surface area contributed by atoms with Crippen LogP contribution in [0.15, 0.2) is 0 Å². The minimum absolute atomic E-state index is 0.316. The quantitative estimate of drug-likeness (QED) is 0.604. The van der Waals surface area contributed by atoms with E-state index in [-0.39, 0.29) is 18.2 Å². The highest BCUT2D eigenvalue weighted by Crippen LogP contribution is 2.44. The van der Waals surface area contributed by atoms with Crippen molar-refractivity contribution < 1.29 is 28.8 Å². The highest BCUT2D eigenvalue weighted by Gasteiger charge is 2.58. The molecule has 4 fully saturated rings. The molecular weight excluding hydrogens is 336 g/mol. The van der Waals surface area contributed by atoms with Gasteiger partial charge in [-0.3, -0.25) is 0 Å². The second-order valence-electron chi connectivity index (χ2n) is 7.71. The molecule has 0 aromatic carbocycles. The summed E-state index contributed by atoms with van der Waals surface area (Å²) >= 11 is 0. The molecule has 4 rings (SSSR count). The molecule has 0 aromatic rings. The minimum atomic E-state index is -1.00. The predicted octanol–water partition coefficient (Wildman–Crippen LogP) is 3.44. The summed E-state index contributed by atoms with van der Waals surface area (Å²) in [7, 11) is 0. The molecule has 2 saturated heterocycles. The van der Waals surface area contributed by atoms with Gasteiger partial charge in [-0.1, -0.05) is 26.7 Å². The van der Waals surface area contributed by atoms with E-state index in [4.69, 9.17) is 18.9 Å². The molecule has 1 N–H and O–H groups in total. The maximum Gasteiger partial charge on any atom is 0.338 e. The summed E-state index contributed by atoms with van der Waals surface area (Å²) in [4.78, 5) is 12.1. The number of rotatable bonds is 4. The van der Waals surface area contributed by atoms with Crippen molar-refractivity contribution in [2.24, 2.45) is 0 Å². The van der Waals surface area contributed by atoms with Gasteiger partial charge in [0.1, 0.15) is 12.2 Å². The molecule has 26 heavy (non-hydrogen) atoms. The average Bonchev–Trinajstić information content (AvgIpc) is 3.15. The van der Waals surface area contributed by atoms with Crippen molar-refractivity contribution in [2.45, 2.75) is 114 Å². The van der Waals surface area contributed by atoms with E-state index in [1.54, 1.807) is 0 Å². The lowest BCUT2D eigenvalue weighted by Gasteiger charge is -2.33. The topological polar surface area (TPSA) is 74.2 Å². The van der Waals surface area contributed by atoms with Crippen molar-refractivity contribution in [1.82, 2.24) is 0 Å². The first-order valence-electron chi connectivity index (χ1n) is 10.5. The molecular formula is C20H34O6. The van der Waals surface area contributed by atoms with Crippen LogP contribution in [0.2, 0.25) is 0 Å². The van der Waals surface area contributed by atoms with Gasteiger partial charge in [-0.25, -0.2) is 4.79 Å². The van der Waals surface area contributed by atoms with E-state index in [0.717, 1.165) is 44.9 Å². The van der Waals surface area contributed by atoms with Crippen LogP contribution in [0.3, 0.4) is 0 Å². The fourth-order valence-corrected chi connectivity index (χ4v) is 4.54. The number of carbonyl (C=O) groups is 1. The fourth-order valence-electron chi connectivity index (χ4n) is 4.54. The largest absolute Gasteiger partial charge is 0.457 e. The average molecular weight is 370 g/mol. The zero-order chi connectivity index (χ0) is 18.6. The van der Waals surface area contributed by atoms with Crippen LogP contribution in [-0.2, 0) is 23.7 Å². The number of cyclic esters (lactones) is 1. The summed E-state index contributed by atoms with van der Waals surface area (Å²) in [5.74, 6) is -1.89. The Labute approximate surface area is 156 Å². The van der Waals surface area contributed by atoms with Crippen molar-refractivity contribution in [3.63, 3.8) is 0 Å². The predicted molar refractivity (Wildman–Crippen MR) is 95.4 cm³/mol. The van der Waals surface area contributed by atoms with Gasteiger partial charge < -0.3 is 24.1 Å². The van der Waals surface area contributed by atoms with Gasteiger partial charge in [0.25, 0.3) is 0 Å². The summed E-state index contributed by atoms with van der Waals surface area (Å²) in [6.07, 6.45) is 8.87. The van der Waals surface area contributed by atoms with Crippen LogP contribution in [0.5, 0.6) is 0 Å². The first kappa shape index (κ1) is 20.1. The van der Waals surface area contributed by atoms with E-state index in [1.807, 2.05) is 13.8 Å². The zero-order valence-electron chi connectivity index (χ0n) is 16.2. The van der Waals surface area contributed by atoms with Crippen LogP contribution in [0.1, 0.15) is 84.5 Å². The second-order valence-corrected chi connectivity index (χ2v) is 7.71. The number of hydrogen-bond donors (Lipinski definition) is 1. The summed E-state index contributed by atoms with van der Waals surface area (Å²) in [6, 6.07) is 0. The molecule has 0 radical (unpaired) electrons. The van der Waals surface area contributed by atoms with Gasteiger partial charge in [0.2, 0.25) is 0 Å². The lowest BCUT2D eigenvalue weighted by molar-refractivity contribution is -0.230. The molecule has 1 unspecified atom stereocenters. The van der Waals surface area contributed by atoms with Crippen molar-refractivity contribution in [3.8, 4) is 0 Å². The molecule has 6 nitrogen and oxygen atoms in total. The van der Waals surface area contributed by atoms with E-state index in [2.05, 4.69) is 0 Å². The number of esters is 1. The Morgan fingerprint density at radius 1 is 1.00 bits per heavy atom. The third-order valence-electron chi connectivity index (χ3n) is 5.88. The molecule has 150 valence electrons. The standard InChI is InChI=1S/C18H28O6.C2H6/c19-16-15-14(23-18(24-15)10-5-2-6-11-18)13(22-16)7-12-21-17(20)8-3-1-4-9-17;1-2/h13-15,20H,1-12H2;1-2H3/t13?,14-,15-;/m1./s1. The monoisotopic (exact) mass is 370 g/mol. The van der Waals surface area contributed by atoms with E-state index in [0.29, 0.717) is 25.9 Å². The highest BCUT2D eigenvalue weighted by molar-refractivity contribution is 5.78. The molecule has 1 spiro atoms. The van der Waals surface area contributed by atoms with Gasteiger partial charge in [0.15, 0.2) is 17.7 Å². The maximum absolute atomic E-state index is 12.1. The molecule has 4 aliphatic rings. The van der Waals surface area contributed by atoms with Crippen LogP contribution in [0.25, 0.3) is 0 Å². The Kier molecular flexibility index (Phi) is 6.59. The molecule has 0 amide bonds. The van der Waals surface area contributed by atoms with Crippen molar-refractivity contribution in [1.29, 1.82) is 0 Å². The fraction of sp³-hybridized carbons (Fsp3) is 0.950. The Morgan fingerprint density at radius 2 is 1.62 bits per heavy atom. The van der Waals surface area contributed by atoms with Crippen molar-refractivity contribution in [3.05, 3.63) is 0 Å². The van der Waals surface area contributed by atoms with Crippen LogP contribution < -0.4 is 0 Å². The summed E-state index contributed by atoms with van der Waals surface area (Å²) in [6.45, 7) is 4.37. The van der Waals surface area contributed by atoms with Crippen LogP contribution in [-0.4, -0.2) is 47.6 Å². The first-order valence-corrected chi connectivity index (χ1v) is 10.5. The van der Waals surface area contributed by atoms with E-state index in [9.17, 15) is 9.90 Å². The van der Waals surface area contributed by atoms with Gasteiger partial charge in [-0.15, -0.1) is 0 Å².